The molecule has 0 bridgehead atoms. The van der Waals surface area contributed by atoms with E-state index in [1.165, 1.54) is 0 Å². The van der Waals surface area contributed by atoms with Gasteiger partial charge in [0.2, 0.25) is 0 Å². The highest BCUT2D eigenvalue weighted by atomic mass is 79.9. The second kappa shape index (κ2) is 9.36. The smallest absolute Gasteiger partial charge is 0.134 e. The molecule has 27 heavy (non-hydrogen) atoms. The summed E-state index contributed by atoms with van der Waals surface area (Å²) >= 11 is 15.7. The fraction of sp³-hybridized carbons (Fsp3) is 0.143. The van der Waals surface area contributed by atoms with Crippen LogP contribution in [0.25, 0.3) is 0 Å². The van der Waals surface area contributed by atoms with Crippen molar-refractivity contribution in [2.24, 2.45) is 0 Å². The molecule has 0 aromatic heterocycles. The van der Waals surface area contributed by atoms with Crippen molar-refractivity contribution in [2.75, 3.05) is 12.4 Å². The maximum atomic E-state index is 6.19. The second-order valence-corrected chi connectivity index (χ2v) is 7.57. The molecule has 0 aliphatic rings. The molecule has 0 fully saturated rings. The third-order valence-corrected chi connectivity index (χ3v) is 5.19. The van der Waals surface area contributed by atoms with E-state index in [4.69, 9.17) is 32.7 Å². The molecule has 0 saturated heterocycles. The molecule has 3 aromatic carbocycles. The van der Waals surface area contributed by atoms with Gasteiger partial charge >= 0.3 is 0 Å². The van der Waals surface area contributed by atoms with Crippen molar-refractivity contribution >= 4 is 44.8 Å². The topological polar surface area (TPSA) is 30.5 Å². The molecule has 3 rings (SSSR count). The van der Waals surface area contributed by atoms with Crippen LogP contribution < -0.4 is 14.8 Å². The van der Waals surface area contributed by atoms with Gasteiger partial charge in [0, 0.05) is 27.8 Å². The Labute approximate surface area is 177 Å². The normalized spacial score (nSPS) is 10.5. The van der Waals surface area contributed by atoms with E-state index in [-0.39, 0.29) is 0 Å². The van der Waals surface area contributed by atoms with E-state index in [9.17, 15) is 0 Å². The van der Waals surface area contributed by atoms with Crippen LogP contribution in [0.3, 0.4) is 0 Å². The number of nitrogens with one attached hydrogen (secondary N) is 1. The molecular formula is C21H18BrCl2NO2. The summed E-state index contributed by atoms with van der Waals surface area (Å²) < 4.78 is 11.9. The predicted molar refractivity (Wildman–Crippen MR) is 115 cm³/mol. The van der Waals surface area contributed by atoms with E-state index >= 15 is 0 Å². The van der Waals surface area contributed by atoms with Gasteiger partial charge in [-0.3, -0.25) is 0 Å². The number of benzene rings is 3. The van der Waals surface area contributed by atoms with Crippen molar-refractivity contribution in [1.29, 1.82) is 0 Å². The van der Waals surface area contributed by atoms with Gasteiger partial charge in [0.25, 0.3) is 0 Å². The number of methoxy groups -OCH3 is 1. The summed E-state index contributed by atoms with van der Waals surface area (Å²) in [7, 11) is 1.66. The molecule has 6 heteroatoms. The van der Waals surface area contributed by atoms with Gasteiger partial charge < -0.3 is 14.8 Å². The molecule has 3 aromatic rings. The third-order valence-electron chi connectivity index (χ3n) is 3.98. The van der Waals surface area contributed by atoms with Crippen LogP contribution in [0, 0.1) is 0 Å². The Balaban J connectivity index is 1.59. The van der Waals surface area contributed by atoms with Crippen LogP contribution in [0.2, 0.25) is 10.0 Å². The number of ether oxygens (including phenoxy) is 2. The summed E-state index contributed by atoms with van der Waals surface area (Å²) in [5.41, 5.74) is 3.05. The van der Waals surface area contributed by atoms with Crippen LogP contribution >= 0.6 is 39.1 Å². The van der Waals surface area contributed by atoms with Crippen LogP contribution in [0.15, 0.2) is 65.1 Å². The second-order valence-electron chi connectivity index (χ2n) is 5.87. The lowest BCUT2D eigenvalue weighted by atomic mass is 10.2. The fourth-order valence-corrected chi connectivity index (χ4v) is 3.48. The van der Waals surface area contributed by atoms with Crippen molar-refractivity contribution < 1.29 is 9.47 Å². The average Bonchev–Trinajstić information content (AvgIpc) is 2.67. The molecule has 0 unspecified atom stereocenters. The van der Waals surface area contributed by atoms with Crippen molar-refractivity contribution in [2.45, 2.75) is 13.2 Å². The third kappa shape index (κ3) is 5.55. The van der Waals surface area contributed by atoms with Crippen molar-refractivity contribution in [3.8, 4) is 11.5 Å². The number of hydrogen-bond acceptors (Lipinski definition) is 3. The minimum absolute atomic E-state index is 0.373. The van der Waals surface area contributed by atoms with Crippen LogP contribution in [0.4, 0.5) is 5.69 Å². The van der Waals surface area contributed by atoms with E-state index in [1.807, 2.05) is 48.5 Å². The lowest BCUT2D eigenvalue weighted by Crippen LogP contribution is -2.01. The van der Waals surface area contributed by atoms with Crippen molar-refractivity contribution in [1.82, 2.24) is 0 Å². The van der Waals surface area contributed by atoms with E-state index < -0.39 is 0 Å². The van der Waals surface area contributed by atoms with Crippen LogP contribution in [-0.2, 0) is 13.2 Å². The standard InChI is InChI=1S/C21H18BrCl2NO2/c1-26-18-7-5-17(6-8-18)25-12-14-2-9-21(19(22)10-14)27-13-15-3-4-16(23)11-20(15)24/h2-11,25H,12-13H2,1H3. The molecule has 0 aliphatic carbocycles. The summed E-state index contributed by atoms with van der Waals surface area (Å²) in [4.78, 5) is 0. The van der Waals surface area contributed by atoms with E-state index in [0.29, 0.717) is 23.2 Å². The largest absolute Gasteiger partial charge is 0.497 e. The average molecular weight is 467 g/mol. The van der Waals surface area contributed by atoms with Gasteiger partial charge in [-0.25, -0.2) is 0 Å². The first-order chi connectivity index (χ1) is 13.0. The molecular weight excluding hydrogens is 449 g/mol. The summed E-state index contributed by atoms with van der Waals surface area (Å²) in [6.45, 7) is 1.08. The Morgan fingerprint density at radius 1 is 0.963 bits per heavy atom. The maximum absolute atomic E-state index is 6.19. The first kappa shape index (κ1) is 19.9. The zero-order chi connectivity index (χ0) is 19.2. The molecule has 0 amide bonds. The molecule has 1 N–H and O–H groups in total. The molecule has 0 aliphatic heterocycles. The first-order valence-electron chi connectivity index (χ1n) is 8.28. The van der Waals surface area contributed by atoms with Gasteiger partial charge in [-0.05, 0) is 70.0 Å². The minimum Gasteiger partial charge on any atom is -0.497 e. The number of rotatable bonds is 7. The summed E-state index contributed by atoms with van der Waals surface area (Å²) in [6.07, 6.45) is 0. The van der Waals surface area contributed by atoms with Gasteiger partial charge in [-0.1, -0.05) is 35.3 Å². The molecule has 0 radical (unpaired) electrons. The van der Waals surface area contributed by atoms with Gasteiger partial charge in [-0.15, -0.1) is 0 Å². The maximum Gasteiger partial charge on any atom is 0.134 e. The molecule has 0 spiro atoms. The Morgan fingerprint density at radius 3 is 2.41 bits per heavy atom. The van der Waals surface area contributed by atoms with Crippen molar-refractivity contribution in [3.63, 3.8) is 0 Å². The molecule has 0 saturated carbocycles. The SMILES string of the molecule is COc1ccc(NCc2ccc(OCc3ccc(Cl)cc3Cl)c(Br)c2)cc1. The molecule has 3 nitrogen and oxygen atoms in total. The summed E-state index contributed by atoms with van der Waals surface area (Å²) in [5, 5.41) is 4.59. The highest BCUT2D eigenvalue weighted by molar-refractivity contribution is 9.10. The Bertz CT molecular complexity index is 917. The first-order valence-corrected chi connectivity index (χ1v) is 9.83. The Kier molecular flexibility index (Phi) is 6.89. The number of hydrogen-bond donors (Lipinski definition) is 1. The van der Waals surface area contributed by atoms with Crippen LogP contribution in [0.1, 0.15) is 11.1 Å². The molecule has 0 atom stereocenters. The predicted octanol–water partition coefficient (Wildman–Crippen LogP) is 6.96. The van der Waals surface area contributed by atoms with Gasteiger partial charge in [0.15, 0.2) is 0 Å². The molecule has 0 heterocycles. The minimum atomic E-state index is 0.373. The van der Waals surface area contributed by atoms with Crippen LogP contribution in [-0.4, -0.2) is 7.11 Å². The molecule has 140 valence electrons. The lowest BCUT2D eigenvalue weighted by molar-refractivity contribution is 0.304. The highest BCUT2D eigenvalue weighted by Gasteiger charge is 2.06. The lowest BCUT2D eigenvalue weighted by Gasteiger charge is -2.12. The van der Waals surface area contributed by atoms with Gasteiger partial charge in [0.1, 0.15) is 18.1 Å². The van der Waals surface area contributed by atoms with Crippen LogP contribution in [0.5, 0.6) is 11.5 Å². The zero-order valence-corrected chi connectivity index (χ0v) is 17.7. The van der Waals surface area contributed by atoms with Gasteiger partial charge in [0.05, 0.1) is 11.6 Å². The summed E-state index contributed by atoms with van der Waals surface area (Å²) in [5.74, 6) is 1.60. The Morgan fingerprint density at radius 2 is 1.74 bits per heavy atom. The summed E-state index contributed by atoms with van der Waals surface area (Å²) in [6, 6.07) is 19.2. The number of halogens is 3. The zero-order valence-electron chi connectivity index (χ0n) is 14.6. The van der Waals surface area contributed by atoms with E-state index in [1.54, 1.807) is 19.2 Å². The van der Waals surface area contributed by atoms with Crippen molar-refractivity contribution in [3.05, 3.63) is 86.3 Å². The monoisotopic (exact) mass is 465 g/mol. The van der Waals surface area contributed by atoms with E-state index in [2.05, 4.69) is 21.2 Å². The van der Waals surface area contributed by atoms with Gasteiger partial charge in [-0.2, -0.15) is 0 Å². The van der Waals surface area contributed by atoms with E-state index in [0.717, 1.165) is 32.8 Å². The fourth-order valence-electron chi connectivity index (χ4n) is 2.48. The quantitative estimate of drug-likeness (QED) is 0.408. The number of anilines is 1. The highest BCUT2D eigenvalue weighted by Crippen LogP contribution is 2.29. The Hall–Kier alpha value is -1.88.